The molecule has 0 spiro atoms. The summed E-state index contributed by atoms with van der Waals surface area (Å²) in [6.07, 6.45) is 2.78. The highest BCUT2D eigenvalue weighted by Gasteiger charge is 2.05. The summed E-state index contributed by atoms with van der Waals surface area (Å²) >= 11 is 0. The normalized spacial score (nSPS) is 13.4. The first-order valence-corrected chi connectivity index (χ1v) is 3.89. The Labute approximate surface area is 66.4 Å². The van der Waals surface area contributed by atoms with E-state index in [2.05, 4.69) is 17.2 Å². The van der Waals surface area contributed by atoms with Gasteiger partial charge < -0.3 is 5.73 Å². The number of nitrogens with two attached hydrogens (primary N) is 1. The van der Waals surface area contributed by atoms with Gasteiger partial charge >= 0.3 is 0 Å². The molecule has 4 nitrogen and oxygen atoms in total. The summed E-state index contributed by atoms with van der Waals surface area (Å²) in [5.74, 6) is 0. The van der Waals surface area contributed by atoms with Gasteiger partial charge in [0.2, 0.25) is 0 Å². The van der Waals surface area contributed by atoms with Crippen LogP contribution in [0.5, 0.6) is 0 Å². The van der Waals surface area contributed by atoms with Crippen LogP contribution in [0.4, 0.5) is 0 Å². The standard InChI is InChI=1S/C7H14N4/c1-3-4-11-7(6(2)8)5-9-10-11/h5-6H,3-4,8H2,1-2H3. The highest BCUT2D eigenvalue weighted by atomic mass is 15.4. The lowest BCUT2D eigenvalue weighted by Crippen LogP contribution is -2.13. The predicted molar refractivity (Wildman–Crippen MR) is 42.9 cm³/mol. The van der Waals surface area contributed by atoms with E-state index in [4.69, 9.17) is 5.73 Å². The van der Waals surface area contributed by atoms with Crippen LogP contribution in [0.3, 0.4) is 0 Å². The molecule has 0 amide bonds. The van der Waals surface area contributed by atoms with Crippen molar-refractivity contribution >= 4 is 0 Å². The summed E-state index contributed by atoms with van der Waals surface area (Å²) in [6, 6.07) is 0.0246. The van der Waals surface area contributed by atoms with Crippen LogP contribution in [-0.4, -0.2) is 15.0 Å². The second kappa shape index (κ2) is 3.48. The first-order chi connectivity index (χ1) is 5.25. The molecular formula is C7H14N4. The summed E-state index contributed by atoms with van der Waals surface area (Å²) in [5, 5.41) is 7.71. The quantitative estimate of drug-likeness (QED) is 0.697. The molecule has 0 saturated carbocycles. The monoisotopic (exact) mass is 154 g/mol. The zero-order valence-electron chi connectivity index (χ0n) is 6.99. The lowest BCUT2D eigenvalue weighted by molar-refractivity contribution is 0.537. The van der Waals surface area contributed by atoms with Gasteiger partial charge in [0.05, 0.1) is 11.9 Å². The molecule has 0 aliphatic heterocycles. The highest BCUT2D eigenvalue weighted by molar-refractivity contribution is 4.98. The number of nitrogens with zero attached hydrogens (tertiary/aromatic N) is 3. The average molecular weight is 154 g/mol. The first-order valence-electron chi connectivity index (χ1n) is 3.89. The minimum absolute atomic E-state index is 0.0246. The highest BCUT2D eigenvalue weighted by Crippen LogP contribution is 2.06. The Balaban J connectivity index is 2.78. The van der Waals surface area contributed by atoms with Crippen LogP contribution in [0.2, 0.25) is 0 Å². The summed E-state index contributed by atoms with van der Waals surface area (Å²) in [7, 11) is 0. The fourth-order valence-electron chi connectivity index (χ4n) is 1.00. The van der Waals surface area contributed by atoms with Gasteiger partial charge in [-0.25, -0.2) is 4.68 Å². The van der Waals surface area contributed by atoms with Crippen molar-refractivity contribution in [2.75, 3.05) is 0 Å². The molecule has 0 fully saturated rings. The number of aromatic nitrogens is 3. The lowest BCUT2D eigenvalue weighted by atomic mass is 10.3. The largest absolute Gasteiger partial charge is 0.323 e. The smallest absolute Gasteiger partial charge is 0.0751 e. The van der Waals surface area contributed by atoms with E-state index in [1.54, 1.807) is 6.20 Å². The third-order valence-electron chi connectivity index (χ3n) is 1.55. The van der Waals surface area contributed by atoms with Crippen molar-refractivity contribution in [3.05, 3.63) is 11.9 Å². The van der Waals surface area contributed by atoms with Crippen LogP contribution in [0.15, 0.2) is 6.20 Å². The molecule has 0 aliphatic carbocycles. The van der Waals surface area contributed by atoms with Crippen molar-refractivity contribution in [2.45, 2.75) is 32.9 Å². The van der Waals surface area contributed by atoms with Crippen LogP contribution in [-0.2, 0) is 6.54 Å². The van der Waals surface area contributed by atoms with E-state index in [0.717, 1.165) is 18.7 Å². The Morgan fingerprint density at radius 3 is 3.00 bits per heavy atom. The van der Waals surface area contributed by atoms with Gasteiger partial charge in [-0.15, -0.1) is 5.10 Å². The van der Waals surface area contributed by atoms with Crippen LogP contribution in [0.25, 0.3) is 0 Å². The molecule has 0 bridgehead atoms. The molecule has 2 N–H and O–H groups in total. The van der Waals surface area contributed by atoms with E-state index >= 15 is 0 Å². The molecule has 62 valence electrons. The maximum absolute atomic E-state index is 5.69. The second-order valence-corrected chi connectivity index (χ2v) is 2.67. The van der Waals surface area contributed by atoms with Gasteiger partial charge in [0.1, 0.15) is 0 Å². The minimum Gasteiger partial charge on any atom is -0.323 e. The molecule has 11 heavy (non-hydrogen) atoms. The number of hydrogen-bond donors (Lipinski definition) is 1. The number of rotatable bonds is 3. The summed E-state index contributed by atoms with van der Waals surface area (Å²) in [6.45, 7) is 4.94. The van der Waals surface area contributed by atoms with Crippen molar-refractivity contribution in [1.29, 1.82) is 0 Å². The predicted octanol–water partition coefficient (Wildman–Crippen LogP) is 0.708. The Morgan fingerprint density at radius 2 is 2.45 bits per heavy atom. The Morgan fingerprint density at radius 1 is 1.73 bits per heavy atom. The average Bonchev–Trinajstić information content (AvgIpc) is 2.36. The van der Waals surface area contributed by atoms with Crippen LogP contribution >= 0.6 is 0 Å². The first kappa shape index (κ1) is 8.20. The van der Waals surface area contributed by atoms with Crippen molar-refractivity contribution in [3.63, 3.8) is 0 Å². The summed E-state index contributed by atoms with van der Waals surface area (Å²) in [4.78, 5) is 0. The van der Waals surface area contributed by atoms with Gasteiger partial charge in [-0.3, -0.25) is 0 Å². The molecule has 1 aromatic heterocycles. The van der Waals surface area contributed by atoms with E-state index in [1.807, 2.05) is 11.6 Å². The van der Waals surface area contributed by atoms with E-state index in [1.165, 1.54) is 0 Å². The maximum Gasteiger partial charge on any atom is 0.0751 e. The molecule has 4 heteroatoms. The van der Waals surface area contributed by atoms with E-state index in [9.17, 15) is 0 Å². The molecule has 1 heterocycles. The molecule has 0 aliphatic rings. The SMILES string of the molecule is CCCn1nncc1C(C)N. The summed E-state index contributed by atoms with van der Waals surface area (Å²) in [5.41, 5.74) is 6.69. The van der Waals surface area contributed by atoms with Gasteiger partial charge in [-0.1, -0.05) is 12.1 Å². The molecular weight excluding hydrogens is 140 g/mol. The van der Waals surface area contributed by atoms with Gasteiger partial charge in [-0.05, 0) is 13.3 Å². The fourth-order valence-corrected chi connectivity index (χ4v) is 1.00. The van der Waals surface area contributed by atoms with Crippen molar-refractivity contribution in [3.8, 4) is 0 Å². The van der Waals surface area contributed by atoms with E-state index in [0.29, 0.717) is 0 Å². The maximum atomic E-state index is 5.69. The fraction of sp³-hybridized carbons (Fsp3) is 0.714. The zero-order chi connectivity index (χ0) is 8.27. The topological polar surface area (TPSA) is 56.7 Å². The van der Waals surface area contributed by atoms with Crippen molar-refractivity contribution < 1.29 is 0 Å². The van der Waals surface area contributed by atoms with Crippen LogP contribution < -0.4 is 5.73 Å². The molecule has 0 saturated heterocycles. The van der Waals surface area contributed by atoms with Gasteiger partial charge in [0, 0.05) is 12.6 Å². The van der Waals surface area contributed by atoms with Gasteiger partial charge in [0.25, 0.3) is 0 Å². The lowest BCUT2D eigenvalue weighted by Gasteiger charge is -2.06. The van der Waals surface area contributed by atoms with Crippen LogP contribution in [0, 0.1) is 0 Å². The Hall–Kier alpha value is -0.900. The van der Waals surface area contributed by atoms with Crippen molar-refractivity contribution in [2.24, 2.45) is 5.73 Å². The van der Waals surface area contributed by atoms with Gasteiger partial charge in [0.15, 0.2) is 0 Å². The minimum atomic E-state index is 0.0246. The molecule has 1 unspecified atom stereocenters. The van der Waals surface area contributed by atoms with Gasteiger partial charge in [-0.2, -0.15) is 0 Å². The third-order valence-corrected chi connectivity index (χ3v) is 1.55. The second-order valence-electron chi connectivity index (χ2n) is 2.67. The zero-order valence-corrected chi connectivity index (χ0v) is 6.99. The molecule has 1 aromatic rings. The molecule has 0 aromatic carbocycles. The third kappa shape index (κ3) is 1.77. The number of aryl methyl sites for hydroxylation is 1. The van der Waals surface area contributed by atoms with E-state index < -0.39 is 0 Å². The van der Waals surface area contributed by atoms with E-state index in [-0.39, 0.29) is 6.04 Å². The Kier molecular flexibility index (Phi) is 2.59. The molecule has 1 atom stereocenters. The molecule has 0 radical (unpaired) electrons. The summed E-state index contributed by atoms with van der Waals surface area (Å²) < 4.78 is 1.85. The Bertz CT molecular complexity index is 216. The number of hydrogen-bond acceptors (Lipinski definition) is 3. The van der Waals surface area contributed by atoms with Crippen LogP contribution in [0.1, 0.15) is 32.0 Å². The van der Waals surface area contributed by atoms with Crippen molar-refractivity contribution in [1.82, 2.24) is 15.0 Å². The molecule has 1 rings (SSSR count).